The fraction of sp³-hybridized carbons (Fsp3) is 0.357. The molecule has 0 unspecified atom stereocenters. The lowest BCUT2D eigenvalue weighted by molar-refractivity contribution is -0.118. The van der Waals surface area contributed by atoms with Gasteiger partial charge in [-0.2, -0.15) is 4.98 Å². The Morgan fingerprint density at radius 3 is 3.00 bits per heavy atom. The molecule has 1 saturated heterocycles. The number of likely N-dealkylation sites (tertiary alicyclic amines) is 1. The molecule has 0 radical (unpaired) electrons. The summed E-state index contributed by atoms with van der Waals surface area (Å²) in [6.45, 7) is 3.50. The van der Waals surface area contributed by atoms with Crippen LogP contribution in [0.3, 0.4) is 0 Å². The summed E-state index contributed by atoms with van der Waals surface area (Å²) in [6.07, 6.45) is 4.75. The highest BCUT2D eigenvalue weighted by atomic mass is 32.1. The summed E-state index contributed by atoms with van der Waals surface area (Å²) in [7, 11) is 0. The Morgan fingerprint density at radius 2 is 2.28 bits per heavy atom. The normalized spacial score (nSPS) is 15.1. The van der Waals surface area contributed by atoms with Crippen LogP contribution in [0.2, 0.25) is 0 Å². The Kier molecular flexibility index (Phi) is 4.15. The summed E-state index contributed by atoms with van der Waals surface area (Å²) in [4.78, 5) is 26.5. The zero-order chi connectivity index (χ0) is 17.2. The van der Waals surface area contributed by atoms with E-state index in [2.05, 4.69) is 35.6 Å². The summed E-state index contributed by atoms with van der Waals surface area (Å²) in [5, 5.41) is 15.7. The van der Waals surface area contributed by atoms with Gasteiger partial charge in [0.1, 0.15) is 10.7 Å². The summed E-state index contributed by atoms with van der Waals surface area (Å²) in [6, 6.07) is 0. The first-order valence-corrected chi connectivity index (χ1v) is 8.41. The van der Waals surface area contributed by atoms with Crippen molar-refractivity contribution in [3.8, 4) is 11.5 Å². The molecule has 1 fully saturated rings. The molecule has 3 aromatic heterocycles. The van der Waals surface area contributed by atoms with Crippen LogP contribution in [0.5, 0.6) is 0 Å². The van der Waals surface area contributed by atoms with E-state index in [0.29, 0.717) is 42.2 Å². The molecule has 1 amide bonds. The number of hydrogen-bond donors (Lipinski definition) is 1. The van der Waals surface area contributed by atoms with Crippen LogP contribution in [0.1, 0.15) is 16.8 Å². The van der Waals surface area contributed by atoms with Crippen molar-refractivity contribution in [3.63, 3.8) is 0 Å². The van der Waals surface area contributed by atoms with Crippen LogP contribution in [0.15, 0.2) is 23.1 Å². The Labute approximate surface area is 146 Å². The minimum absolute atomic E-state index is 0.111. The van der Waals surface area contributed by atoms with Crippen LogP contribution in [-0.4, -0.2) is 60.7 Å². The molecule has 11 heteroatoms. The topological polar surface area (TPSA) is 123 Å². The molecule has 1 aliphatic heterocycles. The monoisotopic (exact) mass is 358 g/mol. The molecule has 4 rings (SSSR count). The van der Waals surface area contributed by atoms with Crippen molar-refractivity contribution in [2.75, 3.05) is 25.0 Å². The van der Waals surface area contributed by atoms with Gasteiger partial charge in [0, 0.05) is 25.5 Å². The molecule has 0 aliphatic carbocycles. The van der Waals surface area contributed by atoms with Gasteiger partial charge in [-0.15, -0.1) is 10.2 Å². The van der Waals surface area contributed by atoms with Crippen molar-refractivity contribution in [2.24, 2.45) is 0 Å². The Morgan fingerprint density at radius 1 is 1.40 bits per heavy atom. The van der Waals surface area contributed by atoms with E-state index >= 15 is 0 Å². The molecule has 1 aliphatic rings. The maximum Gasteiger partial charge on any atom is 0.240 e. The average molecular weight is 358 g/mol. The van der Waals surface area contributed by atoms with Crippen LogP contribution < -0.4 is 5.32 Å². The lowest BCUT2D eigenvalue weighted by Crippen LogP contribution is -2.48. The van der Waals surface area contributed by atoms with Crippen molar-refractivity contribution in [1.29, 1.82) is 0 Å². The van der Waals surface area contributed by atoms with Gasteiger partial charge >= 0.3 is 0 Å². The third-order valence-electron chi connectivity index (χ3n) is 3.68. The molecule has 25 heavy (non-hydrogen) atoms. The van der Waals surface area contributed by atoms with Crippen molar-refractivity contribution in [1.82, 2.24) is 35.2 Å². The van der Waals surface area contributed by atoms with Gasteiger partial charge in [-0.3, -0.25) is 20.0 Å². The van der Waals surface area contributed by atoms with E-state index in [1.54, 1.807) is 18.6 Å². The molecule has 0 saturated carbocycles. The molecule has 0 bridgehead atoms. The third-order valence-corrected chi connectivity index (χ3v) is 4.43. The maximum absolute atomic E-state index is 12.0. The lowest BCUT2D eigenvalue weighted by Gasteiger charge is -2.36. The van der Waals surface area contributed by atoms with Crippen LogP contribution in [-0.2, 0) is 4.79 Å². The van der Waals surface area contributed by atoms with E-state index in [4.69, 9.17) is 4.52 Å². The summed E-state index contributed by atoms with van der Waals surface area (Å²) in [5.74, 6) is 0.984. The highest BCUT2D eigenvalue weighted by Gasteiger charge is 2.33. The molecular formula is C14H14N8O2S. The average Bonchev–Trinajstić information content (AvgIpc) is 3.21. The van der Waals surface area contributed by atoms with Crippen molar-refractivity contribution in [3.05, 3.63) is 29.5 Å². The third kappa shape index (κ3) is 3.51. The van der Waals surface area contributed by atoms with Gasteiger partial charge in [-0.25, -0.2) is 4.98 Å². The van der Waals surface area contributed by atoms with Crippen LogP contribution >= 0.6 is 11.3 Å². The zero-order valence-electron chi connectivity index (χ0n) is 13.3. The number of carbonyl (C=O) groups is 1. The lowest BCUT2D eigenvalue weighted by atomic mass is 10.0. The van der Waals surface area contributed by atoms with Gasteiger partial charge in [0.2, 0.25) is 22.8 Å². The molecule has 128 valence electrons. The standard InChI is InChI=1S/C14H14N8O2S/c1-8-19-20-14(25-8)17-11(23)7-22-5-9(6-22)13-18-12(21-24-13)10-4-15-2-3-16-10/h2-4,9H,5-7H2,1H3,(H,17,20,23). The summed E-state index contributed by atoms with van der Waals surface area (Å²) >= 11 is 1.35. The molecule has 1 N–H and O–H groups in total. The Hall–Kier alpha value is -2.79. The predicted molar refractivity (Wildman–Crippen MR) is 87.8 cm³/mol. The van der Waals surface area contributed by atoms with Crippen molar-refractivity contribution in [2.45, 2.75) is 12.8 Å². The molecule has 4 heterocycles. The molecular weight excluding hydrogens is 344 g/mol. The molecule has 10 nitrogen and oxygen atoms in total. The fourth-order valence-corrected chi connectivity index (χ4v) is 3.09. The van der Waals surface area contributed by atoms with E-state index in [0.717, 1.165) is 5.01 Å². The molecule has 3 aromatic rings. The minimum Gasteiger partial charge on any atom is -0.339 e. The quantitative estimate of drug-likeness (QED) is 0.702. The minimum atomic E-state index is -0.111. The number of nitrogens with one attached hydrogen (secondary N) is 1. The second kappa shape index (κ2) is 6.61. The van der Waals surface area contributed by atoms with Gasteiger partial charge in [0.25, 0.3) is 0 Å². The van der Waals surface area contributed by atoms with Crippen LogP contribution in [0.25, 0.3) is 11.5 Å². The van der Waals surface area contributed by atoms with Gasteiger partial charge in [0.15, 0.2) is 0 Å². The van der Waals surface area contributed by atoms with Crippen molar-refractivity contribution >= 4 is 22.4 Å². The fourth-order valence-electron chi connectivity index (χ4n) is 2.48. The maximum atomic E-state index is 12.0. The first-order valence-electron chi connectivity index (χ1n) is 7.59. The predicted octanol–water partition coefficient (Wildman–Crippen LogP) is 0.724. The smallest absolute Gasteiger partial charge is 0.240 e. The number of hydrogen-bond acceptors (Lipinski definition) is 10. The number of carbonyl (C=O) groups excluding carboxylic acids is 1. The van der Waals surface area contributed by atoms with E-state index in [-0.39, 0.29) is 11.8 Å². The second-order valence-corrected chi connectivity index (χ2v) is 6.79. The highest BCUT2D eigenvalue weighted by molar-refractivity contribution is 7.15. The van der Waals surface area contributed by atoms with E-state index in [1.165, 1.54) is 11.3 Å². The summed E-state index contributed by atoms with van der Waals surface area (Å²) in [5.41, 5.74) is 0.570. The largest absolute Gasteiger partial charge is 0.339 e. The van der Waals surface area contributed by atoms with Gasteiger partial charge in [-0.1, -0.05) is 16.5 Å². The zero-order valence-corrected chi connectivity index (χ0v) is 14.1. The number of aryl methyl sites for hydroxylation is 1. The van der Waals surface area contributed by atoms with Gasteiger partial charge in [-0.05, 0) is 6.92 Å². The SMILES string of the molecule is Cc1nnc(NC(=O)CN2CC(c3nc(-c4cnccn4)no3)C2)s1. The second-order valence-electron chi connectivity index (χ2n) is 5.61. The van der Waals surface area contributed by atoms with E-state index in [1.807, 2.05) is 11.8 Å². The van der Waals surface area contributed by atoms with Crippen molar-refractivity contribution < 1.29 is 9.32 Å². The number of rotatable bonds is 5. The number of amides is 1. The first-order chi connectivity index (χ1) is 12.2. The summed E-state index contributed by atoms with van der Waals surface area (Å²) < 4.78 is 5.30. The van der Waals surface area contributed by atoms with Gasteiger partial charge < -0.3 is 4.52 Å². The van der Waals surface area contributed by atoms with Crippen LogP contribution in [0.4, 0.5) is 5.13 Å². The molecule has 0 aromatic carbocycles. The first kappa shape index (κ1) is 15.7. The van der Waals surface area contributed by atoms with E-state index in [9.17, 15) is 4.79 Å². The Bertz CT molecular complexity index is 874. The highest BCUT2D eigenvalue weighted by Crippen LogP contribution is 2.27. The van der Waals surface area contributed by atoms with E-state index < -0.39 is 0 Å². The van der Waals surface area contributed by atoms with Crippen LogP contribution in [0, 0.1) is 6.92 Å². The van der Waals surface area contributed by atoms with Gasteiger partial charge in [0.05, 0.1) is 18.7 Å². The number of anilines is 1. The molecule has 0 atom stereocenters. The number of aromatic nitrogens is 6. The molecule has 0 spiro atoms. The number of nitrogens with zero attached hydrogens (tertiary/aromatic N) is 7. The Balaban J connectivity index is 1.29.